The van der Waals surface area contributed by atoms with E-state index in [1.54, 1.807) is 6.34 Å². The summed E-state index contributed by atoms with van der Waals surface area (Å²) < 4.78 is 0. The zero-order valence-electron chi connectivity index (χ0n) is 7.64. The van der Waals surface area contributed by atoms with Gasteiger partial charge in [0.15, 0.2) is 12.2 Å². The standard InChI is InChI=1S/C8H12N4O/c1-5(2)12-4-11-6-7(12)9-3-10-8(6)13/h3-7H,1-2H3,(H,9,10,13). The summed E-state index contributed by atoms with van der Waals surface area (Å²) in [7, 11) is 0. The van der Waals surface area contributed by atoms with Crippen molar-refractivity contribution in [3.05, 3.63) is 0 Å². The van der Waals surface area contributed by atoms with Gasteiger partial charge in [-0.1, -0.05) is 0 Å². The van der Waals surface area contributed by atoms with E-state index < -0.39 is 0 Å². The van der Waals surface area contributed by atoms with Crippen LogP contribution in [0.2, 0.25) is 0 Å². The van der Waals surface area contributed by atoms with Crippen LogP contribution in [0, 0.1) is 0 Å². The van der Waals surface area contributed by atoms with Crippen molar-refractivity contribution < 1.29 is 4.79 Å². The molecule has 0 spiro atoms. The largest absolute Gasteiger partial charge is 0.336 e. The Bertz CT molecular complexity index is 284. The molecule has 5 heteroatoms. The maximum absolute atomic E-state index is 11.3. The second-order valence-corrected chi connectivity index (χ2v) is 3.45. The van der Waals surface area contributed by atoms with Crippen molar-refractivity contribution in [3.63, 3.8) is 0 Å². The predicted octanol–water partition coefficient (Wildman–Crippen LogP) is -0.409. The summed E-state index contributed by atoms with van der Waals surface area (Å²) in [6.07, 6.45) is 3.03. The first-order valence-electron chi connectivity index (χ1n) is 4.33. The molecule has 0 fully saturated rings. The number of rotatable bonds is 1. The molecule has 0 aromatic rings. The first kappa shape index (κ1) is 8.22. The lowest BCUT2D eigenvalue weighted by molar-refractivity contribution is -0.122. The van der Waals surface area contributed by atoms with Gasteiger partial charge in [0.1, 0.15) is 0 Å². The molecule has 0 aromatic heterocycles. The topological polar surface area (TPSA) is 57.1 Å². The second-order valence-electron chi connectivity index (χ2n) is 3.45. The van der Waals surface area contributed by atoms with Crippen LogP contribution in [0.3, 0.4) is 0 Å². The fourth-order valence-electron chi connectivity index (χ4n) is 1.52. The van der Waals surface area contributed by atoms with Crippen molar-refractivity contribution in [2.24, 2.45) is 9.98 Å². The molecule has 2 rings (SSSR count). The molecule has 0 radical (unpaired) electrons. The average Bonchev–Trinajstić information content (AvgIpc) is 2.48. The number of amides is 1. The van der Waals surface area contributed by atoms with Crippen molar-refractivity contribution >= 4 is 18.6 Å². The number of aliphatic imine (C=N–C) groups is 2. The Morgan fingerprint density at radius 3 is 3.00 bits per heavy atom. The zero-order chi connectivity index (χ0) is 9.42. The Morgan fingerprint density at radius 1 is 1.54 bits per heavy atom. The molecule has 0 saturated heterocycles. The molecular weight excluding hydrogens is 168 g/mol. The second kappa shape index (κ2) is 2.83. The molecular formula is C8H12N4O. The van der Waals surface area contributed by atoms with E-state index >= 15 is 0 Å². The van der Waals surface area contributed by atoms with E-state index in [0.29, 0.717) is 6.04 Å². The molecule has 1 N–H and O–H groups in total. The van der Waals surface area contributed by atoms with Gasteiger partial charge in [-0.3, -0.25) is 9.79 Å². The Morgan fingerprint density at radius 2 is 2.31 bits per heavy atom. The van der Waals surface area contributed by atoms with E-state index in [1.165, 1.54) is 6.34 Å². The smallest absolute Gasteiger partial charge is 0.254 e. The van der Waals surface area contributed by atoms with Crippen LogP contribution in [-0.4, -0.2) is 41.7 Å². The first-order chi connectivity index (χ1) is 6.20. The van der Waals surface area contributed by atoms with Crippen molar-refractivity contribution in [2.75, 3.05) is 0 Å². The lowest BCUT2D eigenvalue weighted by Gasteiger charge is -2.29. The van der Waals surface area contributed by atoms with Crippen LogP contribution in [0.25, 0.3) is 0 Å². The van der Waals surface area contributed by atoms with Crippen LogP contribution >= 0.6 is 0 Å². The molecule has 2 aliphatic rings. The summed E-state index contributed by atoms with van der Waals surface area (Å²) in [6, 6.07) is -0.0331. The summed E-state index contributed by atoms with van der Waals surface area (Å²) >= 11 is 0. The molecule has 0 aliphatic carbocycles. The SMILES string of the molecule is CC(C)N1C=NC2C(=O)NC=NC21. The highest BCUT2D eigenvalue weighted by Gasteiger charge is 2.38. The van der Waals surface area contributed by atoms with Gasteiger partial charge in [0.25, 0.3) is 5.91 Å². The number of carbonyl (C=O) groups excluding carboxylic acids is 1. The number of fused-ring (bicyclic) bond motifs is 1. The van der Waals surface area contributed by atoms with Gasteiger partial charge in [-0.2, -0.15) is 0 Å². The van der Waals surface area contributed by atoms with E-state index in [2.05, 4.69) is 29.1 Å². The number of hydrogen-bond acceptors (Lipinski definition) is 4. The Hall–Kier alpha value is -1.39. The highest BCUT2D eigenvalue weighted by molar-refractivity contribution is 5.95. The van der Waals surface area contributed by atoms with Crippen molar-refractivity contribution in [2.45, 2.75) is 32.1 Å². The summed E-state index contributed by atoms with van der Waals surface area (Å²) in [5.41, 5.74) is 0. The maximum Gasteiger partial charge on any atom is 0.254 e. The lowest BCUT2D eigenvalue weighted by Crippen LogP contribution is -2.49. The fourth-order valence-corrected chi connectivity index (χ4v) is 1.52. The highest BCUT2D eigenvalue weighted by Crippen LogP contribution is 2.19. The Labute approximate surface area is 76.5 Å². The van der Waals surface area contributed by atoms with Gasteiger partial charge >= 0.3 is 0 Å². The van der Waals surface area contributed by atoms with Crippen LogP contribution in [0.1, 0.15) is 13.8 Å². The normalized spacial score (nSPS) is 31.0. The maximum atomic E-state index is 11.3. The third kappa shape index (κ3) is 1.20. The molecule has 5 nitrogen and oxygen atoms in total. The fraction of sp³-hybridized carbons (Fsp3) is 0.625. The van der Waals surface area contributed by atoms with E-state index in [9.17, 15) is 4.79 Å². The van der Waals surface area contributed by atoms with Gasteiger partial charge < -0.3 is 10.2 Å². The van der Waals surface area contributed by atoms with Gasteiger partial charge in [0.05, 0.1) is 12.7 Å². The minimum Gasteiger partial charge on any atom is -0.336 e. The zero-order valence-corrected chi connectivity index (χ0v) is 7.64. The first-order valence-corrected chi connectivity index (χ1v) is 4.33. The van der Waals surface area contributed by atoms with Crippen LogP contribution in [0.4, 0.5) is 0 Å². The third-order valence-electron chi connectivity index (χ3n) is 2.25. The van der Waals surface area contributed by atoms with E-state index in [-0.39, 0.29) is 18.1 Å². The lowest BCUT2D eigenvalue weighted by atomic mass is 10.2. The summed E-state index contributed by atoms with van der Waals surface area (Å²) in [5, 5.41) is 2.54. The monoisotopic (exact) mass is 180 g/mol. The minimum atomic E-state index is -0.354. The number of nitrogens with zero attached hydrogens (tertiary/aromatic N) is 3. The van der Waals surface area contributed by atoms with Gasteiger partial charge in [0, 0.05) is 6.04 Å². The third-order valence-corrected chi connectivity index (χ3v) is 2.25. The Balaban J connectivity index is 2.23. The minimum absolute atomic E-state index is 0.0700. The summed E-state index contributed by atoms with van der Waals surface area (Å²) in [5.74, 6) is -0.0700. The molecule has 70 valence electrons. The molecule has 2 aliphatic heterocycles. The van der Waals surface area contributed by atoms with Gasteiger partial charge in [0.2, 0.25) is 0 Å². The molecule has 13 heavy (non-hydrogen) atoms. The van der Waals surface area contributed by atoms with Crippen LogP contribution in [0.5, 0.6) is 0 Å². The van der Waals surface area contributed by atoms with Gasteiger partial charge in [-0.05, 0) is 13.8 Å². The molecule has 1 amide bonds. The molecule has 2 heterocycles. The van der Waals surface area contributed by atoms with Crippen LogP contribution < -0.4 is 5.32 Å². The van der Waals surface area contributed by atoms with Gasteiger partial charge in [-0.15, -0.1) is 0 Å². The Kier molecular flexibility index (Phi) is 1.79. The van der Waals surface area contributed by atoms with E-state index in [0.717, 1.165) is 0 Å². The quantitative estimate of drug-likeness (QED) is 0.596. The summed E-state index contributed by atoms with van der Waals surface area (Å²) in [6.45, 7) is 4.10. The number of hydrogen-bond donors (Lipinski definition) is 1. The van der Waals surface area contributed by atoms with Crippen molar-refractivity contribution in [1.82, 2.24) is 10.2 Å². The number of carbonyl (C=O) groups is 1. The predicted molar refractivity (Wildman–Crippen MR) is 49.7 cm³/mol. The van der Waals surface area contributed by atoms with Gasteiger partial charge in [-0.25, -0.2) is 4.99 Å². The van der Waals surface area contributed by atoms with Crippen molar-refractivity contribution in [3.8, 4) is 0 Å². The molecule has 2 unspecified atom stereocenters. The van der Waals surface area contributed by atoms with Crippen LogP contribution in [0.15, 0.2) is 9.98 Å². The average molecular weight is 180 g/mol. The molecule has 0 aromatic carbocycles. The van der Waals surface area contributed by atoms with E-state index in [1.807, 2.05) is 4.90 Å². The molecule has 0 saturated carbocycles. The molecule has 2 atom stereocenters. The number of nitrogens with one attached hydrogen (secondary N) is 1. The van der Waals surface area contributed by atoms with Crippen molar-refractivity contribution in [1.29, 1.82) is 0 Å². The van der Waals surface area contributed by atoms with Crippen LogP contribution in [-0.2, 0) is 4.79 Å². The summed E-state index contributed by atoms with van der Waals surface area (Å²) in [4.78, 5) is 21.6. The van der Waals surface area contributed by atoms with E-state index in [4.69, 9.17) is 0 Å². The molecule has 0 bridgehead atoms. The highest BCUT2D eigenvalue weighted by atomic mass is 16.2.